The van der Waals surface area contributed by atoms with Crippen molar-refractivity contribution in [3.8, 4) is 0 Å². The van der Waals surface area contributed by atoms with E-state index >= 15 is 0 Å². The van der Waals surface area contributed by atoms with Crippen molar-refractivity contribution in [2.75, 3.05) is 26.2 Å². The van der Waals surface area contributed by atoms with E-state index in [9.17, 15) is 13.2 Å². The number of hydrogen-bond acceptors (Lipinski definition) is 3. The van der Waals surface area contributed by atoms with E-state index in [-0.39, 0.29) is 18.7 Å². The van der Waals surface area contributed by atoms with Crippen molar-refractivity contribution in [2.45, 2.75) is 25.5 Å². The zero-order valence-electron chi connectivity index (χ0n) is 11.4. The molecule has 0 aliphatic carbocycles. The van der Waals surface area contributed by atoms with Gasteiger partial charge in [-0.25, -0.2) is 13.2 Å². The van der Waals surface area contributed by atoms with Gasteiger partial charge in [0.15, 0.2) is 17.5 Å². The van der Waals surface area contributed by atoms with Crippen molar-refractivity contribution in [3.05, 3.63) is 35.1 Å². The zero-order chi connectivity index (χ0) is 14.7. The van der Waals surface area contributed by atoms with Crippen molar-refractivity contribution >= 4 is 0 Å². The van der Waals surface area contributed by atoms with E-state index in [0.717, 1.165) is 18.6 Å². The average molecular weight is 288 g/mol. The molecule has 0 radical (unpaired) electrons. The molecule has 3 nitrogen and oxygen atoms in total. The Labute approximate surface area is 116 Å². The van der Waals surface area contributed by atoms with E-state index in [2.05, 4.69) is 0 Å². The lowest BCUT2D eigenvalue weighted by molar-refractivity contribution is -0.0438. The fourth-order valence-electron chi connectivity index (χ4n) is 2.54. The quantitative estimate of drug-likeness (QED) is 0.863. The van der Waals surface area contributed by atoms with E-state index in [1.807, 2.05) is 11.8 Å². The van der Waals surface area contributed by atoms with Gasteiger partial charge in [0.2, 0.25) is 0 Å². The van der Waals surface area contributed by atoms with Gasteiger partial charge in [-0.05, 0) is 24.1 Å². The van der Waals surface area contributed by atoms with Crippen molar-refractivity contribution in [1.29, 1.82) is 0 Å². The minimum Gasteiger partial charge on any atom is -0.376 e. The van der Waals surface area contributed by atoms with Gasteiger partial charge in [-0.1, -0.05) is 6.92 Å². The molecule has 1 aliphatic heterocycles. The van der Waals surface area contributed by atoms with Crippen LogP contribution in [0.2, 0.25) is 0 Å². The van der Waals surface area contributed by atoms with Gasteiger partial charge in [0.25, 0.3) is 0 Å². The summed E-state index contributed by atoms with van der Waals surface area (Å²) in [5.41, 5.74) is 6.10. The lowest BCUT2D eigenvalue weighted by Gasteiger charge is -2.37. The number of rotatable bonds is 4. The van der Waals surface area contributed by atoms with E-state index in [0.29, 0.717) is 25.3 Å². The van der Waals surface area contributed by atoms with Crippen LogP contribution in [0.1, 0.15) is 24.9 Å². The lowest BCUT2D eigenvalue weighted by atomic mass is 10.0. The van der Waals surface area contributed by atoms with Crippen molar-refractivity contribution in [2.24, 2.45) is 5.73 Å². The maximum atomic E-state index is 13.3. The highest BCUT2D eigenvalue weighted by atomic mass is 19.2. The molecule has 2 unspecified atom stereocenters. The Hall–Kier alpha value is -1.11. The number of nitrogens with two attached hydrogens (primary N) is 1. The molecule has 0 bridgehead atoms. The molecule has 1 heterocycles. The molecule has 112 valence electrons. The molecule has 0 aromatic heterocycles. The van der Waals surface area contributed by atoms with Gasteiger partial charge in [-0.3, -0.25) is 4.90 Å². The minimum absolute atomic E-state index is 0.0907. The van der Waals surface area contributed by atoms with Crippen LogP contribution in [0.4, 0.5) is 13.2 Å². The lowest BCUT2D eigenvalue weighted by Crippen LogP contribution is -2.46. The molecule has 0 spiro atoms. The predicted molar refractivity (Wildman–Crippen MR) is 69.7 cm³/mol. The molecule has 2 rings (SSSR count). The number of ether oxygens (including phenoxy) is 1. The smallest absolute Gasteiger partial charge is 0.194 e. The third-order valence-corrected chi connectivity index (χ3v) is 3.68. The first kappa shape index (κ1) is 15.3. The molecule has 6 heteroatoms. The highest BCUT2D eigenvalue weighted by molar-refractivity contribution is 5.23. The second-order valence-electron chi connectivity index (χ2n) is 4.95. The largest absolute Gasteiger partial charge is 0.376 e. The van der Waals surface area contributed by atoms with Crippen LogP contribution in [0.5, 0.6) is 0 Å². The summed E-state index contributed by atoms with van der Waals surface area (Å²) in [5, 5.41) is 0. The van der Waals surface area contributed by atoms with E-state index < -0.39 is 17.5 Å². The van der Waals surface area contributed by atoms with Crippen LogP contribution in [0.3, 0.4) is 0 Å². The highest BCUT2D eigenvalue weighted by Crippen LogP contribution is 2.25. The van der Waals surface area contributed by atoms with Gasteiger partial charge in [-0.15, -0.1) is 0 Å². The maximum absolute atomic E-state index is 13.3. The molecule has 0 amide bonds. The summed E-state index contributed by atoms with van der Waals surface area (Å²) in [7, 11) is 0. The van der Waals surface area contributed by atoms with Crippen LogP contribution in [0.15, 0.2) is 12.1 Å². The molecule has 0 saturated carbocycles. The summed E-state index contributed by atoms with van der Waals surface area (Å²) in [6, 6.07) is 1.70. The number of nitrogens with zero attached hydrogens (tertiary/aromatic N) is 1. The van der Waals surface area contributed by atoms with E-state index in [1.54, 1.807) is 0 Å². The first-order valence-corrected chi connectivity index (χ1v) is 6.77. The summed E-state index contributed by atoms with van der Waals surface area (Å²) < 4.78 is 45.3. The zero-order valence-corrected chi connectivity index (χ0v) is 11.4. The Balaban J connectivity index is 2.23. The van der Waals surface area contributed by atoms with Crippen molar-refractivity contribution in [1.82, 2.24) is 4.90 Å². The molecule has 1 saturated heterocycles. The fourth-order valence-corrected chi connectivity index (χ4v) is 2.54. The van der Waals surface area contributed by atoms with E-state index in [4.69, 9.17) is 10.5 Å². The summed E-state index contributed by atoms with van der Waals surface area (Å²) in [5.74, 6) is -3.81. The molecule has 2 N–H and O–H groups in total. The number of morpholine rings is 1. The minimum atomic E-state index is -1.45. The summed E-state index contributed by atoms with van der Waals surface area (Å²) >= 11 is 0. The SMILES string of the molecule is CCC1CN(C(CN)c2cc(F)c(F)c(F)c2)CCO1. The van der Waals surface area contributed by atoms with Crippen molar-refractivity contribution in [3.63, 3.8) is 0 Å². The number of hydrogen-bond donors (Lipinski definition) is 1. The summed E-state index contributed by atoms with van der Waals surface area (Å²) in [6.45, 7) is 4.07. The first-order valence-electron chi connectivity index (χ1n) is 6.77. The Morgan fingerprint density at radius 1 is 1.35 bits per heavy atom. The van der Waals surface area contributed by atoms with Gasteiger partial charge in [-0.2, -0.15) is 0 Å². The number of benzene rings is 1. The Kier molecular flexibility index (Phi) is 5.01. The van der Waals surface area contributed by atoms with Gasteiger partial charge in [0.05, 0.1) is 12.7 Å². The molecule has 1 aromatic rings. The summed E-state index contributed by atoms with van der Waals surface area (Å²) in [4.78, 5) is 2.03. The van der Waals surface area contributed by atoms with E-state index in [1.165, 1.54) is 0 Å². The topological polar surface area (TPSA) is 38.5 Å². The van der Waals surface area contributed by atoms with Crippen LogP contribution in [-0.4, -0.2) is 37.2 Å². The standard InChI is InChI=1S/C14H19F3N2O/c1-2-10-8-19(3-4-20-10)13(7-18)9-5-11(15)14(17)12(16)6-9/h5-6,10,13H,2-4,7-8,18H2,1H3. The third kappa shape index (κ3) is 3.13. The van der Waals surface area contributed by atoms with Crippen LogP contribution >= 0.6 is 0 Å². The number of halogens is 3. The molecular weight excluding hydrogens is 269 g/mol. The Morgan fingerprint density at radius 2 is 2.00 bits per heavy atom. The van der Waals surface area contributed by atoms with Gasteiger partial charge in [0.1, 0.15) is 0 Å². The van der Waals surface area contributed by atoms with Crippen molar-refractivity contribution < 1.29 is 17.9 Å². The van der Waals surface area contributed by atoms with Crippen LogP contribution in [-0.2, 0) is 4.74 Å². The third-order valence-electron chi connectivity index (χ3n) is 3.68. The average Bonchev–Trinajstić information content (AvgIpc) is 2.45. The molecule has 1 fully saturated rings. The molecule has 1 aliphatic rings. The highest BCUT2D eigenvalue weighted by Gasteiger charge is 2.27. The maximum Gasteiger partial charge on any atom is 0.194 e. The van der Waals surface area contributed by atoms with Crippen LogP contribution in [0, 0.1) is 17.5 Å². The van der Waals surface area contributed by atoms with Gasteiger partial charge >= 0.3 is 0 Å². The fraction of sp³-hybridized carbons (Fsp3) is 0.571. The second kappa shape index (κ2) is 6.56. The van der Waals surface area contributed by atoms with Gasteiger partial charge < -0.3 is 10.5 Å². The van der Waals surface area contributed by atoms with Gasteiger partial charge in [0, 0.05) is 25.7 Å². The van der Waals surface area contributed by atoms with Crippen LogP contribution < -0.4 is 5.73 Å². The molecule has 2 atom stereocenters. The monoisotopic (exact) mass is 288 g/mol. The normalized spacial score (nSPS) is 21.9. The molecule has 1 aromatic carbocycles. The second-order valence-corrected chi connectivity index (χ2v) is 4.95. The predicted octanol–water partition coefficient (Wildman–Crippen LogP) is 2.21. The first-order chi connectivity index (χ1) is 9.56. The Morgan fingerprint density at radius 3 is 2.55 bits per heavy atom. The molecular formula is C14H19F3N2O. The van der Waals surface area contributed by atoms with Crippen LogP contribution in [0.25, 0.3) is 0 Å². The Bertz CT molecular complexity index is 447. The summed E-state index contributed by atoms with van der Waals surface area (Å²) in [6.07, 6.45) is 0.952. The molecule has 20 heavy (non-hydrogen) atoms.